The zero-order valence-electron chi connectivity index (χ0n) is 15.3. The van der Waals surface area contributed by atoms with Gasteiger partial charge in [-0.3, -0.25) is 4.79 Å². The van der Waals surface area contributed by atoms with E-state index >= 15 is 0 Å². The first kappa shape index (κ1) is 19.5. The maximum Gasteiger partial charge on any atom is 0.243 e. The molecule has 0 aliphatic carbocycles. The summed E-state index contributed by atoms with van der Waals surface area (Å²) in [6.45, 7) is 2.09. The SMILES string of the molecule is CN(C)C(=O)CN=C(NCC1CCCO1)N(C)Cc1ncc(Cl)n1C. The molecular formula is C16H27ClN6O2. The molecule has 140 valence electrons. The van der Waals surface area contributed by atoms with E-state index < -0.39 is 0 Å². The minimum absolute atomic E-state index is 0.0511. The van der Waals surface area contributed by atoms with Crippen molar-refractivity contribution in [3.05, 3.63) is 17.2 Å². The Morgan fingerprint density at radius 2 is 2.28 bits per heavy atom. The van der Waals surface area contributed by atoms with Crippen LogP contribution in [-0.2, 0) is 23.1 Å². The molecule has 1 aromatic rings. The van der Waals surface area contributed by atoms with Crippen molar-refractivity contribution in [1.82, 2.24) is 24.7 Å². The summed E-state index contributed by atoms with van der Waals surface area (Å²) in [5, 5.41) is 3.89. The summed E-state index contributed by atoms with van der Waals surface area (Å²) in [6, 6.07) is 0. The van der Waals surface area contributed by atoms with Crippen molar-refractivity contribution in [2.45, 2.75) is 25.5 Å². The summed E-state index contributed by atoms with van der Waals surface area (Å²) < 4.78 is 7.46. The van der Waals surface area contributed by atoms with Gasteiger partial charge in [0.05, 0.1) is 18.8 Å². The van der Waals surface area contributed by atoms with Crippen LogP contribution in [-0.4, -0.2) is 78.2 Å². The molecule has 1 fully saturated rings. The number of nitrogens with zero attached hydrogens (tertiary/aromatic N) is 5. The zero-order chi connectivity index (χ0) is 18.4. The highest BCUT2D eigenvalue weighted by Crippen LogP contribution is 2.12. The lowest BCUT2D eigenvalue weighted by atomic mass is 10.2. The van der Waals surface area contributed by atoms with Gasteiger partial charge >= 0.3 is 0 Å². The number of carbonyl (C=O) groups is 1. The molecule has 1 aliphatic rings. The minimum atomic E-state index is -0.0511. The Hall–Kier alpha value is -1.80. The van der Waals surface area contributed by atoms with Crippen LogP contribution in [0.4, 0.5) is 0 Å². The number of imidazole rings is 1. The van der Waals surface area contributed by atoms with Gasteiger partial charge in [0.1, 0.15) is 17.5 Å². The number of amides is 1. The second-order valence-corrected chi connectivity index (χ2v) is 6.74. The van der Waals surface area contributed by atoms with Crippen LogP contribution in [0.15, 0.2) is 11.2 Å². The fraction of sp³-hybridized carbons (Fsp3) is 0.688. The third-order valence-corrected chi connectivity index (χ3v) is 4.49. The van der Waals surface area contributed by atoms with E-state index in [1.165, 1.54) is 4.90 Å². The van der Waals surface area contributed by atoms with Gasteiger partial charge in [0, 0.05) is 41.3 Å². The van der Waals surface area contributed by atoms with Gasteiger partial charge < -0.3 is 24.4 Å². The summed E-state index contributed by atoms with van der Waals surface area (Å²) in [7, 11) is 7.21. The monoisotopic (exact) mass is 370 g/mol. The zero-order valence-corrected chi connectivity index (χ0v) is 16.1. The molecule has 2 heterocycles. The second-order valence-electron chi connectivity index (χ2n) is 6.36. The Morgan fingerprint density at radius 1 is 1.52 bits per heavy atom. The van der Waals surface area contributed by atoms with Gasteiger partial charge in [0.15, 0.2) is 5.96 Å². The van der Waals surface area contributed by atoms with E-state index in [0.717, 1.165) is 25.3 Å². The smallest absolute Gasteiger partial charge is 0.243 e. The minimum Gasteiger partial charge on any atom is -0.376 e. The van der Waals surface area contributed by atoms with E-state index in [1.54, 1.807) is 20.3 Å². The number of aliphatic imine (C=N–C) groups is 1. The van der Waals surface area contributed by atoms with Crippen molar-refractivity contribution in [2.24, 2.45) is 12.0 Å². The highest BCUT2D eigenvalue weighted by molar-refractivity contribution is 6.29. The molecule has 1 N–H and O–H groups in total. The fourth-order valence-electron chi connectivity index (χ4n) is 2.46. The molecule has 0 spiro atoms. The van der Waals surface area contributed by atoms with E-state index in [0.29, 0.717) is 24.2 Å². The second kappa shape index (κ2) is 9.05. The van der Waals surface area contributed by atoms with Crippen molar-refractivity contribution in [1.29, 1.82) is 0 Å². The van der Waals surface area contributed by atoms with Crippen molar-refractivity contribution < 1.29 is 9.53 Å². The van der Waals surface area contributed by atoms with Gasteiger partial charge in [0.2, 0.25) is 5.91 Å². The lowest BCUT2D eigenvalue weighted by Gasteiger charge is -2.23. The number of hydrogen-bond donors (Lipinski definition) is 1. The number of aromatic nitrogens is 2. The molecule has 1 unspecified atom stereocenters. The summed E-state index contributed by atoms with van der Waals surface area (Å²) in [5.74, 6) is 1.41. The summed E-state index contributed by atoms with van der Waals surface area (Å²) in [6.07, 6.45) is 3.93. The standard InChI is InChI=1S/C16H27ClN6O2/c1-21(2)15(24)10-20-16(19-8-12-6-5-7-25-12)22(3)11-14-18-9-13(17)23(14)4/h9,12H,5-8,10-11H2,1-4H3,(H,19,20). The first-order chi connectivity index (χ1) is 11.9. The van der Waals surface area contributed by atoms with Crippen LogP contribution in [0.3, 0.4) is 0 Å². The molecule has 0 aromatic carbocycles. The van der Waals surface area contributed by atoms with E-state index in [-0.39, 0.29) is 18.6 Å². The van der Waals surface area contributed by atoms with Gasteiger partial charge in [-0.25, -0.2) is 9.98 Å². The van der Waals surface area contributed by atoms with E-state index in [4.69, 9.17) is 16.3 Å². The first-order valence-corrected chi connectivity index (χ1v) is 8.73. The fourth-order valence-corrected chi connectivity index (χ4v) is 2.61. The van der Waals surface area contributed by atoms with E-state index in [2.05, 4.69) is 15.3 Å². The first-order valence-electron chi connectivity index (χ1n) is 8.35. The predicted molar refractivity (Wildman–Crippen MR) is 97.7 cm³/mol. The number of carbonyl (C=O) groups excluding carboxylic acids is 1. The number of likely N-dealkylation sites (N-methyl/N-ethyl adjacent to an activating group) is 1. The Kier molecular flexibility index (Phi) is 7.07. The van der Waals surface area contributed by atoms with Crippen LogP contribution >= 0.6 is 11.6 Å². The third-order valence-electron chi connectivity index (χ3n) is 4.14. The highest BCUT2D eigenvalue weighted by Gasteiger charge is 2.18. The van der Waals surface area contributed by atoms with Crippen LogP contribution in [0, 0.1) is 0 Å². The molecular weight excluding hydrogens is 344 g/mol. The number of halogens is 1. The van der Waals surface area contributed by atoms with Crippen molar-refractivity contribution in [3.63, 3.8) is 0 Å². The molecule has 0 radical (unpaired) electrons. The summed E-state index contributed by atoms with van der Waals surface area (Å²) in [5.41, 5.74) is 0. The molecule has 1 saturated heterocycles. The average Bonchev–Trinajstić information content (AvgIpc) is 3.20. The molecule has 8 nitrogen and oxygen atoms in total. The molecule has 1 atom stereocenters. The Morgan fingerprint density at radius 3 is 2.84 bits per heavy atom. The Balaban J connectivity index is 2.03. The van der Waals surface area contributed by atoms with Crippen LogP contribution in [0.2, 0.25) is 5.15 Å². The van der Waals surface area contributed by atoms with Gasteiger partial charge in [-0.15, -0.1) is 0 Å². The number of rotatable bonds is 6. The molecule has 2 rings (SSSR count). The Bertz CT molecular complexity index is 610. The normalized spacial score (nSPS) is 17.6. The lowest BCUT2D eigenvalue weighted by molar-refractivity contribution is -0.127. The average molecular weight is 371 g/mol. The van der Waals surface area contributed by atoms with E-state index in [1.807, 2.05) is 23.6 Å². The maximum absolute atomic E-state index is 11.9. The molecule has 25 heavy (non-hydrogen) atoms. The lowest BCUT2D eigenvalue weighted by Crippen LogP contribution is -2.43. The topological polar surface area (TPSA) is 75.0 Å². The summed E-state index contributed by atoms with van der Waals surface area (Å²) in [4.78, 5) is 24.1. The van der Waals surface area contributed by atoms with Crippen molar-refractivity contribution in [2.75, 3.05) is 40.8 Å². The third kappa shape index (κ3) is 5.61. The Labute approximate surface area is 153 Å². The number of hydrogen-bond acceptors (Lipinski definition) is 4. The van der Waals surface area contributed by atoms with Gasteiger partial charge in [0.25, 0.3) is 0 Å². The molecule has 1 aliphatic heterocycles. The molecule has 0 saturated carbocycles. The van der Waals surface area contributed by atoms with Gasteiger partial charge in [-0.2, -0.15) is 0 Å². The molecule has 0 bridgehead atoms. The maximum atomic E-state index is 11.9. The van der Waals surface area contributed by atoms with Crippen molar-refractivity contribution >= 4 is 23.5 Å². The van der Waals surface area contributed by atoms with Crippen molar-refractivity contribution in [3.8, 4) is 0 Å². The summed E-state index contributed by atoms with van der Waals surface area (Å²) >= 11 is 6.05. The van der Waals surface area contributed by atoms with Crippen LogP contribution in [0.1, 0.15) is 18.7 Å². The van der Waals surface area contributed by atoms with E-state index in [9.17, 15) is 4.79 Å². The number of nitrogens with one attached hydrogen (secondary N) is 1. The molecule has 9 heteroatoms. The van der Waals surface area contributed by atoms with Gasteiger partial charge in [-0.05, 0) is 12.8 Å². The van der Waals surface area contributed by atoms with Crippen LogP contribution in [0.5, 0.6) is 0 Å². The molecule has 1 aromatic heterocycles. The quantitative estimate of drug-likeness (QED) is 0.590. The predicted octanol–water partition coefficient (Wildman–Crippen LogP) is 0.718. The van der Waals surface area contributed by atoms with Gasteiger partial charge in [-0.1, -0.05) is 11.6 Å². The van der Waals surface area contributed by atoms with Crippen LogP contribution < -0.4 is 5.32 Å². The van der Waals surface area contributed by atoms with Crippen LogP contribution in [0.25, 0.3) is 0 Å². The number of ether oxygens (including phenoxy) is 1. The highest BCUT2D eigenvalue weighted by atomic mass is 35.5. The molecule has 1 amide bonds. The number of guanidine groups is 1. The largest absolute Gasteiger partial charge is 0.376 e.